The summed E-state index contributed by atoms with van der Waals surface area (Å²) in [6, 6.07) is 0. The highest BCUT2D eigenvalue weighted by molar-refractivity contribution is 6.59. The summed E-state index contributed by atoms with van der Waals surface area (Å²) in [6.45, 7) is 14.7. The molecule has 0 bridgehead atoms. The summed E-state index contributed by atoms with van der Waals surface area (Å²) in [5.74, 6) is -0.385. The van der Waals surface area contributed by atoms with Crippen LogP contribution < -0.4 is 0 Å². The van der Waals surface area contributed by atoms with E-state index in [1.54, 1.807) is 0 Å². The van der Waals surface area contributed by atoms with Crippen LogP contribution in [0.1, 0.15) is 32.6 Å². The van der Waals surface area contributed by atoms with Gasteiger partial charge in [0.05, 0.1) is 14.0 Å². The lowest BCUT2D eigenvalue weighted by molar-refractivity contribution is -0.188. The predicted octanol–water partition coefficient (Wildman–Crippen LogP) is 2.66. The van der Waals surface area contributed by atoms with Crippen LogP contribution in [0.25, 0.3) is 0 Å². The Labute approximate surface area is 112 Å². The maximum atomic E-state index is 11.6. The Hall–Kier alpha value is -0.613. The molecule has 0 aliphatic carbocycles. The highest BCUT2D eigenvalue weighted by Gasteiger charge is 2.53. The Bertz CT molecular complexity index is 308. The van der Waals surface area contributed by atoms with Crippen LogP contribution in [0.3, 0.4) is 0 Å². The third-order valence-electron chi connectivity index (χ3n) is 4.10. The van der Waals surface area contributed by atoms with Gasteiger partial charge in [0, 0.05) is 12.7 Å². The Morgan fingerprint density at radius 3 is 2.61 bits per heavy atom. The van der Waals surface area contributed by atoms with E-state index in [1.165, 1.54) is 6.08 Å². The van der Waals surface area contributed by atoms with E-state index in [0.29, 0.717) is 6.42 Å². The third-order valence-corrected chi connectivity index (χ3v) is 7.03. The first-order valence-electron chi connectivity index (χ1n) is 6.70. The molecular formula is C14H25O3Si. The number of hydrogen-bond acceptors (Lipinski definition) is 3. The summed E-state index contributed by atoms with van der Waals surface area (Å²) < 4.78 is 11.8. The van der Waals surface area contributed by atoms with Gasteiger partial charge >= 0.3 is 5.97 Å². The minimum Gasteiger partial charge on any atom is -0.454 e. The molecule has 2 unspecified atom stereocenters. The average Bonchev–Trinajstić information content (AvgIpc) is 2.38. The molecule has 0 aromatic carbocycles. The number of esters is 1. The van der Waals surface area contributed by atoms with Gasteiger partial charge in [-0.25, -0.2) is 4.79 Å². The van der Waals surface area contributed by atoms with Gasteiger partial charge in [-0.1, -0.05) is 19.7 Å². The summed E-state index contributed by atoms with van der Waals surface area (Å²) in [5.41, 5.74) is -0.640. The fraction of sp³-hybridized carbons (Fsp3) is 0.714. The number of hydrogen-bond donors (Lipinski definition) is 0. The van der Waals surface area contributed by atoms with Crippen LogP contribution in [-0.4, -0.2) is 32.2 Å². The van der Waals surface area contributed by atoms with E-state index in [2.05, 4.69) is 26.6 Å². The molecule has 1 aliphatic heterocycles. The highest BCUT2D eigenvalue weighted by Crippen LogP contribution is 2.41. The van der Waals surface area contributed by atoms with Crippen LogP contribution >= 0.6 is 0 Å². The van der Waals surface area contributed by atoms with E-state index in [-0.39, 0.29) is 11.2 Å². The lowest BCUT2D eigenvalue weighted by Gasteiger charge is -2.51. The van der Waals surface area contributed by atoms with E-state index in [0.717, 1.165) is 25.9 Å². The molecular weight excluding hydrogens is 244 g/mol. The van der Waals surface area contributed by atoms with E-state index < -0.39 is 14.4 Å². The average molecular weight is 269 g/mol. The fourth-order valence-electron chi connectivity index (χ4n) is 2.91. The van der Waals surface area contributed by atoms with Crippen LogP contribution in [0, 0.1) is 6.92 Å². The van der Waals surface area contributed by atoms with Gasteiger partial charge in [-0.3, -0.25) is 0 Å². The largest absolute Gasteiger partial charge is 0.454 e. The molecule has 18 heavy (non-hydrogen) atoms. The molecule has 1 heterocycles. The summed E-state index contributed by atoms with van der Waals surface area (Å²) in [7, 11) is -1.17. The molecule has 3 nitrogen and oxygen atoms in total. The van der Waals surface area contributed by atoms with Crippen molar-refractivity contribution in [2.75, 3.05) is 6.61 Å². The molecule has 1 fully saturated rings. The van der Waals surface area contributed by atoms with Crippen LogP contribution in [0.2, 0.25) is 13.1 Å². The predicted molar refractivity (Wildman–Crippen MR) is 76.1 cm³/mol. The minimum absolute atomic E-state index is 0.300. The van der Waals surface area contributed by atoms with Gasteiger partial charge in [-0.2, -0.15) is 0 Å². The maximum absolute atomic E-state index is 11.6. The molecule has 0 aromatic heterocycles. The molecule has 4 heteroatoms. The molecule has 1 aliphatic rings. The van der Waals surface area contributed by atoms with Crippen molar-refractivity contribution in [2.24, 2.45) is 0 Å². The molecule has 0 spiro atoms. The van der Waals surface area contributed by atoms with Gasteiger partial charge in [0.25, 0.3) is 0 Å². The van der Waals surface area contributed by atoms with Crippen molar-refractivity contribution in [1.29, 1.82) is 0 Å². The monoisotopic (exact) mass is 269 g/mol. The van der Waals surface area contributed by atoms with Crippen LogP contribution in [0.15, 0.2) is 12.7 Å². The lowest BCUT2D eigenvalue weighted by Crippen LogP contribution is -2.64. The van der Waals surface area contributed by atoms with E-state index in [1.807, 2.05) is 6.92 Å². The molecule has 0 amide bonds. The van der Waals surface area contributed by atoms with Crippen molar-refractivity contribution in [3.05, 3.63) is 19.6 Å². The van der Waals surface area contributed by atoms with Crippen LogP contribution in [0.4, 0.5) is 0 Å². The molecule has 0 aromatic rings. The summed E-state index contributed by atoms with van der Waals surface area (Å²) in [6.07, 6.45) is 4.93. The number of carbonyl (C=O) groups excluding carboxylic acids is 1. The number of ether oxygens (including phenoxy) is 2. The Kier molecular flexibility index (Phi) is 5.17. The van der Waals surface area contributed by atoms with Gasteiger partial charge in [-0.15, -0.1) is 0 Å². The first kappa shape index (κ1) is 15.4. The maximum Gasteiger partial charge on any atom is 0.330 e. The summed E-state index contributed by atoms with van der Waals surface area (Å²) in [5, 5.41) is -0.300. The second-order valence-corrected chi connectivity index (χ2v) is 8.70. The van der Waals surface area contributed by atoms with Crippen molar-refractivity contribution < 1.29 is 14.3 Å². The molecule has 103 valence electrons. The van der Waals surface area contributed by atoms with Crippen molar-refractivity contribution in [1.82, 2.24) is 0 Å². The van der Waals surface area contributed by atoms with Gasteiger partial charge in [0.2, 0.25) is 0 Å². The van der Waals surface area contributed by atoms with Crippen molar-refractivity contribution >= 4 is 14.8 Å². The standard InChI is InChI=1S/C14H25O3Si/c1-6-12(15)17-13(3,7-2)14(18(4)5)10-8-9-11-16-14/h6,18H,1-2,7-11H2,3-5H3. The quantitative estimate of drug-likeness (QED) is 0.437. The fourth-order valence-corrected chi connectivity index (χ4v) is 5.57. The minimum atomic E-state index is -1.17. The normalized spacial score (nSPS) is 27.6. The molecule has 1 radical (unpaired) electrons. The first-order valence-corrected chi connectivity index (χ1v) is 9.59. The second kappa shape index (κ2) is 6.02. The smallest absolute Gasteiger partial charge is 0.330 e. The van der Waals surface area contributed by atoms with Crippen LogP contribution in [-0.2, 0) is 14.3 Å². The Balaban J connectivity index is 3.06. The molecule has 0 N–H and O–H groups in total. The molecule has 2 atom stereocenters. The van der Waals surface area contributed by atoms with Crippen molar-refractivity contribution in [3.8, 4) is 0 Å². The molecule has 1 rings (SSSR count). The van der Waals surface area contributed by atoms with Gasteiger partial charge in [-0.05, 0) is 39.5 Å². The van der Waals surface area contributed by atoms with E-state index in [9.17, 15) is 4.79 Å². The summed E-state index contributed by atoms with van der Waals surface area (Å²) in [4.78, 5) is 11.6. The van der Waals surface area contributed by atoms with E-state index >= 15 is 0 Å². The highest BCUT2D eigenvalue weighted by atomic mass is 28.3. The second-order valence-electron chi connectivity index (χ2n) is 5.46. The van der Waals surface area contributed by atoms with Crippen LogP contribution in [0.5, 0.6) is 0 Å². The SMILES string of the molecule is [CH2]CC(C)(OC(=O)C=C)C1([SiH](C)C)CCCCO1. The number of rotatable bonds is 5. The third kappa shape index (κ3) is 2.69. The van der Waals surface area contributed by atoms with Gasteiger partial charge in [0.15, 0.2) is 0 Å². The zero-order chi connectivity index (χ0) is 13.8. The zero-order valence-electron chi connectivity index (χ0n) is 11.8. The molecule has 0 saturated carbocycles. The lowest BCUT2D eigenvalue weighted by atomic mass is 9.89. The van der Waals surface area contributed by atoms with Crippen molar-refractivity contribution in [3.63, 3.8) is 0 Å². The van der Waals surface area contributed by atoms with Gasteiger partial charge in [0.1, 0.15) is 5.60 Å². The van der Waals surface area contributed by atoms with Gasteiger partial charge < -0.3 is 9.47 Å². The van der Waals surface area contributed by atoms with Crippen molar-refractivity contribution in [2.45, 2.75) is 56.5 Å². The summed E-state index contributed by atoms with van der Waals surface area (Å²) >= 11 is 0. The zero-order valence-corrected chi connectivity index (χ0v) is 13.0. The Morgan fingerprint density at radius 1 is 1.56 bits per heavy atom. The Morgan fingerprint density at radius 2 is 2.22 bits per heavy atom. The number of carbonyl (C=O) groups is 1. The van der Waals surface area contributed by atoms with E-state index in [4.69, 9.17) is 9.47 Å². The topological polar surface area (TPSA) is 35.5 Å². The first-order chi connectivity index (χ1) is 8.42. The molecule has 1 saturated heterocycles.